The van der Waals surface area contributed by atoms with Gasteiger partial charge in [-0.3, -0.25) is 9.10 Å². The summed E-state index contributed by atoms with van der Waals surface area (Å²) in [6, 6.07) is 20.5. The molecule has 3 aromatic rings. The van der Waals surface area contributed by atoms with Crippen molar-refractivity contribution in [2.45, 2.75) is 25.3 Å². The van der Waals surface area contributed by atoms with Crippen LogP contribution in [-0.2, 0) is 21.4 Å². The van der Waals surface area contributed by atoms with Gasteiger partial charge in [-0.05, 0) is 61.0 Å². The second-order valence-electron chi connectivity index (χ2n) is 6.68. The molecule has 3 rings (SSSR count). The summed E-state index contributed by atoms with van der Waals surface area (Å²) in [7, 11) is -3.84. The maximum Gasteiger partial charge on any atom is 0.264 e. The molecule has 0 aliphatic rings. The average Bonchev–Trinajstić information content (AvgIpc) is 2.68. The highest BCUT2D eigenvalue weighted by Gasteiger charge is 2.25. The van der Waals surface area contributed by atoms with Crippen molar-refractivity contribution in [3.63, 3.8) is 0 Å². The van der Waals surface area contributed by atoms with E-state index in [4.69, 9.17) is 11.6 Å². The number of amides is 1. The van der Waals surface area contributed by atoms with Crippen LogP contribution in [0, 0.1) is 6.92 Å². The van der Waals surface area contributed by atoms with Gasteiger partial charge in [0, 0.05) is 17.6 Å². The van der Waals surface area contributed by atoms with Crippen molar-refractivity contribution in [2.75, 3.05) is 9.62 Å². The molecule has 29 heavy (non-hydrogen) atoms. The molecular formula is C22H21ClN2O3S. The molecule has 0 aromatic heterocycles. The summed E-state index contributed by atoms with van der Waals surface area (Å²) >= 11 is 5.98. The molecule has 0 heterocycles. The van der Waals surface area contributed by atoms with Gasteiger partial charge in [-0.1, -0.05) is 41.4 Å². The Labute approximate surface area is 176 Å². The van der Waals surface area contributed by atoms with Gasteiger partial charge < -0.3 is 5.32 Å². The molecular weight excluding hydrogens is 408 g/mol. The van der Waals surface area contributed by atoms with Gasteiger partial charge in [0.1, 0.15) is 0 Å². The number of carbonyl (C=O) groups is 1. The average molecular weight is 429 g/mol. The fourth-order valence-electron chi connectivity index (χ4n) is 2.82. The minimum absolute atomic E-state index is 0.133. The van der Waals surface area contributed by atoms with Gasteiger partial charge in [0.25, 0.3) is 10.0 Å². The molecule has 5 nitrogen and oxygen atoms in total. The standard InChI is InChI=1S/C22H21ClN2O3S/c1-16-3-5-18(6-4-16)15-25(21-11-7-19(23)8-12-21)29(27,28)22-13-9-20(10-14-22)24-17(2)26/h3-14H,15H2,1-2H3,(H,24,26). The summed E-state index contributed by atoms with van der Waals surface area (Å²) in [5.74, 6) is -0.220. The number of nitrogens with zero attached hydrogens (tertiary/aromatic N) is 1. The topological polar surface area (TPSA) is 66.5 Å². The first-order valence-corrected chi connectivity index (χ1v) is 10.8. The molecule has 0 atom stereocenters. The predicted molar refractivity (Wildman–Crippen MR) is 117 cm³/mol. The van der Waals surface area contributed by atoms with E-state index in [9.17, 15) is 13.2 Å². The number of aryl methyl sites for hydroxylation is 1. The normalized spacial score (nSPS) is 11.1. The van der Waals surface area contributed by atoms with Gasteiger partial charge in [-0.2, -0.15) is 0 Å². The van der Waals surface area contributed by atoms with Crippen LogP contribution in [0.15, 0.2) is 77.7 Å². The van der Waals surface area contributed by atoms with Crippen molar-refractivity contribution in [3.8, 4) is 0 Å². The Kier molecular flexibility index (Phi) is 6.25. The van der Waals surface area contributed by atoms with Crippen LogP contribution in [0.5, 0.6) is 0 Å². The quantitative estimate of drug-likeness (QED) is 0.600. The summed E-state index contributed by atoms with van der Waals surface area (Å²) in [6.07, 6.45) is 0. The second-order valence-corrected chi connectivity index (χ2v) is 8.98. The zero-order valence-corrected chi connectivity index (χ0v) is 17.7. The minimum atomic E-state index is -3.84. The highest BCUT2D eigenvalue weighted by molar-refractivity contribution is 7.92. The molecule has 0 bridgehead atoms. The van der Waals surface area contributed by atoms with E-state index >= 15 is 0 Å². The van der Waals surface area contributed by atoms with Gasteiger partial charge in [-0.15, -0.1) is 0 Å². The Balaban J connectivity index is 2.00. The van der Waals surface area contributed by atoms with E-state index in [1.807, 2.05) is 31.2 Å². The number of hydrogen-bond acceptors (Lipinski definition) is 3. The van der Waals surface area contributed by atoms with E-state index in [-0.39, 0.29) is 17.3 Å². The van der Waals surface area contributed by atoms with Crippen LogP contribution >= 0.6 is 11.6 Å². The van der Waals surface area contributed by atoms with Gasteiger partial charge in [-0.25, -0.2) is 8.42 Å². The third-order valence-corrected chi connectivity index (χ3v) is 6.36. The number of benzene rings is 3. The van der Waals surface area contributed by atoms with Crippen molar-refractivity contribution in [3.05, 3.63) is 88.9 Å². The van der Waals surface area contributed by atoms with Crippen molar-refractivity contribution in [1.82, 2.24) is 0 Å². The van der Waals surface area contributed by atoms with Gasteiger partial charge >= 0.3 is 0 Å². The molecule has 3 aromatic carbocycles. The lowest BCUT2D eigenvalue weighted by atomic mass is 10.1. The molecule has 0 fully saturated rings. The molecule has 1 N–H and O–H groups in total. The summed E-state index contributed by atoms with van der Waals surface area (Å²) < 4.78 is 28.2. The summed E-state index contributed by atoms with van der Waals surface area (Å²) in [4.78, 5) is 11.3. The smallest absolute Gasteiger partial charge is 0.264 e. The summed E-state index contributed by atoms with van der Waals surface area (Å²) in [5, 5.41) is 3.16. The van der Waals surface area contributed by atoms with Crippen molar-refractivity contribution in [2.24, 2.45) is 0 Å². The molecule has 0 radical (unpaired) electrons. The third kappa shape index (κ3) is 5.16. The monoisotopic (exact) mass is 428 g/mol. The number of halogens is 1. The van der Waals surface area contributed by atoms with Crippen LogP contribution in [0.1, 0.15) is 18.1 Å². The largest absolute Gasteiger partial charge is 0.326 e. The molecule has 0 saturated heterocycles. The zero-order valence-electron chi connectivity index (χ0n) is 16.1. The molecule has 0 unspecified atom stereocenters. The maximum atomic E-state index is 13.4. The molecule has 7 heteroatoms. The van der Waals surface area contributed by atoms with Crippen LogP contribution in [0.4, 0.5) is 11.4 Å². The second kappa shape index (κ2) is 8.68. The number of hydrogen-bond donors (Lipinski definition) is 1. The fraction of sp³-hybridized carbons (Fsp3) is 0.136. The molecule has 0 spiro atoms. The lowest BCUT2D eigenvalue weighted by molar-refractivity contribution is -0.114. The SMILES string of the molecule is CC(=O)Nc1ccc(S(=O)(=O)N(Cc2ccc(C)cc2)c2ccc(Cl)cc2)cc1. The highest BCUT2D eigenvalue weighted by atomic mass is 35.5. The van der Waals surface area contributed by atoms with Gasteiger partial charge in [0.2, 0.25) is 5.91 Å². The first kappa shape index (κ1) is 20.9. The molecule has 0 aliphatic carbocycles. The van der Waals surface area contributed by atoms with E-state index in [0.717, 1.165) is 11.1 Å². The van der Waals surface area contributed by atoms with Crippen molar-refractivity contribution < 1.29 is 13.2 Å². The lowest BCUT2D eigenvalue weighted by Crippen LogP contribution is -2.30. The van der Waals surface area contributed by atoms with E-state index in [2.05, 4.69) is 5.32 Å². The fourth-order valence-corrected chi connectivity index (χ4v) is 4.40. The molecule has 0 saturated carbocycles. The van der Waals surface area contributed by atoms with Crippen molar-refractivity contribution in [1.29, 1.82) is 0 Å². The van der Waals surface area contributed by atoms with E-state index in [1.54, 1.807) is 36.4 Å². The molecule has 0 aliphatic heterocycles. The maximum absolute atomic E-state index is 13.4. The Morgan fingerprint density at radius 3 is 2.07 bits per heavy atom. The Bertz CT molecular complexity index is 1090. The minimum Gasteiger partial charge on any atom is -0.326 e. The predicted octanol–water partition coefficient (Wildman–Crippen LogP) is 5.00. The van der Waals surface area contributed by atoms with Crippen LogP contribution in [0.3, 0.4) is 0 Å². The Morgan fingerprint density at radius 1 is 0.931 bits per heavy atom. The van der Waals surface area contributed by atoms with E-state index in [1.165, 1.54) is 23.4 Å². The number of nitrogens with one attached hydrogen (secondary N) is 1. The highest BCUT2D eigenvalue weighted by Crippen LogP contribution is 2.28. The Morgan fingerprint density at radius 2 is 1.52 bits per heavy atom. The first-order valence-electron chi connectivity index (χ1n) is 8.97. The van der Waals surface area contributed by atoms with Gasteiger partial charge in [0.05, 0.1) is 17.1 Å². The summed E-state index contributed by atoms with van der Waals surface area (Å²) in [6.45, 7) is 3.56. The third-order valence-electron chi connectivity index (χ3n) is 4.32. The van der Waals surface area contributed by atoms with E-state index in [0.29, 0.717) is 16.4 Å². The van der Waals surface area contributed by atoms with Crippen LogP contribution in [-0.4, -0.2) is 14.3 Å². The number of sulfonamides is 1. The van der Waals surface area contributed by atoms with E-state index < -0.39 is 10.0 Å². The number of carbonyl (C=O) groups excluding carboxylic acids is 1. The molecule has 1 amide bonds. The zero-order chi connectivity index (χ0) is 21.0. The number of anilines is 2. The van der Waals surface area contributed by atoms with Crippen molar-refractivity contribution >= 4 is 38.9 Å². The van der Waals surface area contributed by atoms with Crippen LogP contribution < -0.4 is 9.62 Å². The Hall–Kier alpha value is -2.83. The van der Waals surface area contributed by atoms with Crippen LogP contribution in [0.2, 0.25) is 5.02 Å². The first-order chi connectivity index (χ1) is 13.8. The summed E-state index contributed by atoms with van der Waals surface area (Å²) in [5.41, 5.74) is 3.01. The lowest BCUT2D eigenvalue weighted by Gasteiger charge is -2.25. The number of rotatable bonds is 6. The van der Waals surface area contributed by atoms with Crippen LogP contribution in [0.25, 0.3) is 0 Å². The molecule has 150 valence electrons. The van der Waals surface area contributed by atoms with Gasteiger partial charge in [0.15, 0.2) is 0 Å².